The summed E-state index contributed by atoms with van der Waals surface area (Å²) < 4.78 is 5.09. The molecule has 3 amide bonds. The summed E-state index contributed by atoms with van der Waals surface area (Å²) >= 11 is 6.09. The lowest BCUT2D eigenvalue weighted by Gasteiger charge is -2.28. The van der Waals surface area contributed by atoms with Crippen molar-refractivity contribution < 1.29 is 19.1 Å². The van der Waals surface area contributed by atoms with Gasteiger partial charge in [0.05, 0.1) is 23.3 Å². The zero-order valence-corrected chi connectivity index (χ0v) is 15.9. The van der Waals surface area contributed by atoms with Gasteiger partial charge in [0.2, 0.25) is 5.91 Å². The van der Waals surface area contributed by atoms with Crippen LogP contribution in [0.2, 0.25) is 5.02 Å². The number of carbonyl (C=O) groups excluding carboxylic acids is 3. The largest absolute Gasteiger partial charge is 0.495 e. The van der Waals surface area contributed by atoms with Gasteiger partial charge in [-0.15, -0.1) is 0 Å². The molecule has 1 aliphatic heterocycles. The van der Waals surface area contributed by atoms with Crippen molar-refractivity contribution in [1.29, 1.82) is 0 Å². The Hall–Kier alpha value is -2.86. The minimum atomic E-state index is -0.946. The molecule has 0 radical (unpaired) electrons. The van der Waals surface area contributed by atoms with Crippen LogP contribution in [0.25, 0.3) is 0 Å². The Morgan fingerprint density at radius 1 is 1.07 bits per heavy atom. The summed E-state index contributed by atoms with van der Waals surface area (Å²) in [4.78, 5) is 39.4. The molecule has 0 aliphatic carbocycles. The van der Waals surface area contributed by atoms with Crippen LogP contribution in [-0.4, -0.2) is 35.8 Å². The van der Waals surface area contributed by atoms with Crippen LogP contribution in [0, 0.1) is 5.92 Å². The summed E-state index contributed by atoms with van der Waals surface area (Å²) in [6.07, 6.45) is 0. The maximum Gasteiger partial charge on any atom is 0.262 e. The third-order valence-corrected chi connectivity index (χ3v) is 4.72. The van der Waals surface area contributed by atoms with Gasteiger partial charge in [-0.1, -0.05) is 37.6 Å². The van der Waals surface area contributed by atoms with Gasteiger partial charge in [-0.25, -0.2) is 0 Å². The van der Waals surface area contributed by atoms with Crippen LogP contribution in [0.1, 0.15) is 34.6 Å². The molecule has 3 rings (SSSR count). The van der Waals surface area contributed by atoms with Crippen LogP contribution in [0.4, 0.5) is 5.69 Å². The number of anilines is 1. The van der Waals surface area contributed by atoms with Crippen molar-refractivity contribution in [2.45, 2.75) is 19.9 Å². The van der Waals surface area contributed by atoms with Crippen molar-refractivity contribution in [3.05, 3.63) is 58.6 Å². The predicted molar refractivity (Wildman–Crippen MR) is 102 cm³/mol. The molecule has 0 spiro atoms. The molecule has 1 N–H and O–H groups in total. The second-order valence-corrected chi connectivity index (χ2v) is 6.96. The van der Waals surface area contributed by atoms with Crippen molar-refractivity contribution in [3.8, 4) is 5.75 Å². The number of nitrogens with zero attached hydrogens (tertiary/aromatic N) is 1. The summed E-state index contributed by atoms with van der Waals surface area (Å²) in [5.74, 6) is -1.17. The number of carbonyl (C=O) groups is 3. The van der Waals surface area contributed by atoms with Crippen molar-refractivity contribution in [2.75, 3.05) is 12.4 Å². The lowest BCUT2D eigenvalue weighted by Crippen LogP contribution is -2.50. The smallest absolute Gasteiger partial charge is 0.262 e. The molecule has 0 aromatic heterocycles. The quantitative estimate of drug-likeness (QED) is 0.796. The predicted octanol–water partition coefficient (Wildman–Crippen LogP) is 3.61. The summed E-state index contributed by atoms with van der Waals surface area (Å²) in [6, 6.07) is 10.4. The molecule has 2 aromatic rings. The Morgan fingerprint density at radius 3 is 2.15 bits per heavy atom. The average molecular weight is 387 g/mol. The van der Waals surface area contributed by atoms with Gasteiger partial charge in [0.15, 0.2) is 0 Å². The second kappa shape index (κ2) is 7.40. The number of ether oxygens (including phenoxy) is 1. The number of nitrogens with one attached hydrogen (secondary N) is 1. The minimum absolute atomic E-state index is 0.277. The Bertz CT molecular complexity index is 891. The number of imide groups is 1. The standard InChI is InChI=1S/C20H19ClN2O4/c1-11(2)17(18(24)22-12-8-9-16(27-3)15(21)10-12)23-19(25)13-6-4-5-7-14(13)20(23)26/h4-11,17H,1-3H3,(H,22,24)/t17-/m0/s1. The fourth-order valence-corrected chi connectivity index (χ4v) is 3.40. The third kappa shape index (κ3) is 3.40. The monoisotopic (exact) mass is 386 g/mol. The van der Waals surface area contributed by atoms with Gasteiger partial charge < -0.3 is 10.1 Å². The van der Waals surface area contributed by atoms with E-state index in [0.29, 0.717) is 27.6 Å². The first-order valence-electron chi connectivity index (χ1n) is 8.46. The number of amides is 3. The van der Waals surface area contributed by atoms with Crippen molar-refractivity contribution >= 4 is 35.0 Å². The number of benzene rings is 2. The maximum atomic E-state index is 12.9. The van der Waals surface area contributed by atoms with E-state index in [1.165, 1.54) is 7.11 Å². The van der Waals surface area contributed by atoms with Crippen LogP contribution < -0.4 is 10.1 Å². The van der Waals surface area contributed by atoms with E-state index >= 15 is 0 Å². The lowest BCUT2D eigenvalue weighted by atomic mass is 10.0. The minimum Gasteiger partial charge on any atom is -0.495 e. The Balaban J connectivity index is 1.88. The van der Waals surface area contributed by atoms with Crippen LogP contribution in [0.5, 0.6) is 5.75 Å². The van der Waals surface area contributed by atoms with Crippen molar-refractivity contribution in [1.82, 2.24) is 4.90 Å². The molecule has 27 heavy (non-hydrogen) atoms. The fraction of sp³-hybridized carbons (Fsp3) is 0.250. The van der Waals surface area contributed by atoms with Crippen molar-refractivity contribution in [2.24, 2.45) is 5.92 Å². The molecular weight excluding hydrogens is 368 g/mol. The summed E-state index contributed by atoms with van der Waals surface area (Å²) in [5, 5.41) is 3.08. The number of halogens is 1. The summed E-state index contributed by atoms with van der Waals surface area (Å²) in [7, 11) is 1.50. The highest BCUT2D eigenvalue weighted by molar-refractivity contribution is 6.32. The number of fused-ring (bicyclic) bond motifs is 1. The molecule has 1 heterocycles. The van der Waals surface area contributed by atoms with Gasteiger partial charge in [0.1, 0.15) is 11.8 Å². The van der Waals surface area contributed by atoms with Gasteiger partial charge in [-0.05, 0) is 36.2 Å². The molecular formula is C20H19ClN2O4. The number of rotatable bonds is 5. The van der Waals surface area contributed by atoms with Crippen LogP contribution in [-0.2, 0) is 4.79 Å². The summed E-state index contributed by atoms with van der Waals surface area (Å²) in [5.41, 5.74) is 1.08. The Morgan fingerprint density at radius 2 is 1.67 bits per heavy atom. The maximum absolute atomic E-state index is 12.9. The molecule has 0 saturated heterocycles. The van der Waals surface area contributed by atoms with E-state index in [-0.39, 0.29) is 5.92 Å². The van der Waals surface area contributed by atoms with E-state index in [9.17, 15) is 14.4 Å². The first kappa shape index (κ1) is 18.9. The van der Waals surface area contributed by atoms with Gasteiger partial charge in [-0.2, -0.15) is 0 Å². The highest BCUT2D eigenvalue weighted by Crippen LogP contribution is 2.30. The van der Waals surface area contributed by atoms with Gasteiger partial charge >= 0.3 is 0 Å². The number of methoxy groups -OCH3 is 1. The zero-order chi connectivity index (χ0) is 19.7. The average Bonchev–Trinajstić information content (AvgIpc) is 2.87. The highest BCUT2D eigenvalue weighted by Gasteiger charge is 2.43. The fourth-order valence-electron chi connectivity index (χ4n) is 3.14. The van der Waals surface area contributed by atoms with Gasteiger partial charge in [0.25, 0.3) is 11.8 Å². The van der Waals surface area contributed by atoms with Gasteiger partial charge in [0, 0.05) is 5.69 Å². The first-order valence-corrected chi connectivity index (χ1v) is 8.84. The molecule has 0 saturated carbocycles. The van der Waals surface area contributed by atoms with E-state index in [1.54, 1.807) is 56.3 Å². The van der Waals surface area contributed by atoms with E-state index in [4.69, 9.17) is 16.3 Å². The number of hydrogen-bond acceptors (Lipinski definition) is 4. The first-order chi connectivity index (χ1) is 12.8. The van der Waals surface area contributed by atoms with Gasteiger partial charge in [-0.3, -0.25) is 19.3 Å². The van der Waals surface area contributed by atoms with E-state index < -0.39 is 23.8 Å². The highest BCUT2D eigenvalue weighted by atomic mass is 35.5. The molecule has 0 unspecified atom stereocenters. The van der Waals surface area contributed by atoms with E-state index in [1.807, 2.05) is 0 Å². The molecule has 0 bridgehead atoms. The van der Waals surface area contributed by atoms with E-state index in [0.717, 1.165) is 4.90 Å². The third-order valence-electron chi connectivity index (χ3n) is 4.42. The normalized spacial score (nSPS) is 14.3. The lowest BCUT2D eigenvalue weighted by molar-refractivity contribution is -0.121. The summed E-state index contributed by atoms with van der Waals surface area (Å²) in [6.45, 7) is 3.57. The number of hydrogen-bond donors (Lipinski definition) is 1. The topological polar surface area (TPSA) is 75.7 Å². The molecule has 6 nitrogen and oxygen atoms in total. The molecule has 0 fully saturated rings. The molecule has 2 aromatic carbocycles. The SMILES string of the molecule is COc1ccc(NC(=O)[C@H](C(C)C)N2C(=O)c3ccccc3C2=O)cc1Cl. The van der Waals surface area contributed by atoms with Crippen LogP contribution >= 0.6 is 11.6 Å². The Labute approximate surface area is 162 Å². The van der Waals surface area contributed by atoms with Crippen molar-refractivity contribution in [3.63, 3.8) is 0 Å². The molecule has 1 atom stereocenters. The molecule has 140 valence electrons. The molecule has 7 heteroatoms. The second-order valence-electron chi connectivity index (χ2n) is 6.55. The zero-order valence-electron chi connectivity index (χ0n) is 15.2. The molecule has 1 aliphatic rings. The van der Waals surface area contributed by atoms with E-state index in [2.05, 4.69) is 5.32 Å². The Kier molecular flexibility index (Phi) is 5.19. The van der Waals surface area contributed by atoms with Crippen LogP contribution in [0.15, 0.2) is 42.5 Å². The van der Waals surface area contributed by atoms with Crippen LogP contribution in [0.3, 0.4) is 0 Å².